The molecule has 0 aliphatic carbocycles. The third-order valence-electron chi connectivity index (χ3n) is 3.58. The Labute approximate surface area is 122 Å². The van der Waals surface area contributed by atoms with E-state index in [1.54, 1.807) is 0 Å². The first kappa shape index (κ1) is 14.7. The first-order valence-corrected chi connectivity index (χ1v) is 7.42. The van der Waals surface area contributed by atoms with Crippen LogP contribution < -0.4 is 5.32 Å². The van der Waals surface area contributed by atoms with Gasteiger partial charge in [-0.2, -0.15) is 0 Å². The smallest absolute Gasteiger partial charge is 0.0300 e. The molecule has 0 radical (unpaired) electrons. The Bertz CT molecular complexity index is 508. The standard InChI is InChI=1S/C18H24N2/c1-15-5-3-6-17(13-15)9-8-16(2)20-12-10-18-7-4-11-19-14-18/h3-7,11,13-14,16,20H,8-10,12H2,1-2H3. The van der Waals surface area contributed by atoms with Crippen LogP contribution in [0.3, 0.4) is 0 Å². The molecule has 1 N–H and O–H groups in total. The van der Waals surface area contributed by atoms with E-state index in [1.807, 2.05) is 18.5 Å². The van der Waals surface area contributed by atoms with Crippen molar-refractivity contribution in [2.45, 2.75) is 39.2 Å². The summed E-state index contributed by atoms with van der Waals surface area (Å²) in [5.41, 5.74) is 4.08. The molecule has 0 amide bonds. The van der Waals surface area contributed by atoms with Crippen LogP contribution in [0.25, 0.3) is 0 Å². The molecule has 0 saturated carbocycles. The Morgan fingerprint density at radius 2 is 1.95 bits per heavy atom. The van der Waals surface area contributed by atoms with Gasteiger partial charge in [-0.25, -0.2) is 0 Å². The molecule has 0 fully saturated rings. The highest BCUT2D eigenvalue weighted by Crippen LogP contribution is 2.08. The molecule has 1 heterocycles. The lowest BCUT2D eigenvalue weighted by Crippen LogP contribution is -2.28. The Hall–Kier alpha value is -1.67. The summed E-state index contributed by atoms with van der Waals surface area (Å²) in [6.45, 7) is 5.43. The number of hydrogen-bond donors (Lipinski definition) is 1. The monoisotopic (exact) mass is 268 g/mol. The van der Waals surface area contributed by atoms with E-state index >= 15 is 0 Å². The maximum atomic E-state index is 4.14. The van der Waals surface area contributed by atoms with E-state index in [0.717, 1.165) is 19.4 Å². The van der Waals surface area contributed by atoms with Crippen molar-refractivity contribution < 1.29 is 0 Å². The Morgan fingerprint density at radius 1 is 1.10 bits per heavy atom. The molecule has 0 saturated heterocycles. The minimum atomic E-state index is 0.548. The zero-order chi connectivity index (χ0) is 14.2. The van der Waals surface area contributed by atoms with Gasteiger partial charge in [0.25, 0.3) is 0 Å². The lowest BCUT2D eigenvalue weighted by molar-refractivity contribution is 0.517. The maximum Gasteiger partial charge on any atom is 0.0300 e. The first-order valence-electron chi connectivity index (χ1n) is 7.42. The van der Waals surface area contributed by atoms with Crippen molar-refractivity contribution in [3.63, 3.8) is 0 Å². The van der Waals surface area contributed by atoms with Crippen molar-refractivity contribution in [1.29, 1.82) is 0 Å². The summed E-state index contributed by atoms with van der Waals surface area (Å²) in [7, 11) is 0. The van der Waals surface area contributed by atoms with Gasteiger partial charge in [-0.15, -0.1) is 0 Å². The fourth-order valence-corrected chi connectivity index (χ4v) is 2.36. The highest BCUT2D eigenvalue weighted by atomic mass is 14.9. The Balaban J connectivity index is 1.67. The highest BCUT2D eigenvalue weighted by Gasteiger charge is 2.02. The molecule has 0 aliphatic rings. The summed E-state index contributed by atoms with van der Waals surface area (Å²) in [6, 6.07) is 13.5. The van der Waals surface area contributed by atoms with Crippen molar-refractivity contribution in [3.8, 4) is 0 Å². The van der Waals surface area contributed by atoms with Crippen LogP contribution in [0.4, 0.5) is 0 Å². The number of rotatable bonds is 7. The van der Waals surface area contributed by atoms with Crippen LogP contribution in [-0.2, 0) is 12.8 Å². The van der Waals surface area contributed by atoms with Gasteiger partial charge in [0.15, 0.2) is 0 Å². The quantitative estimate of drug-likeness (QED) is 0.830. The zero-order valence-corrected chi connectivity index (χ0v) is 12.5. The van der Waals surface area contributed by atoms with E-state index in [1.165, 1.54) is 23.1 Å². The van der Waals surface area contributed by atoms with E-state index in [4.69, 9.17) is 0 Å². The molecule has 1 aromatic heterocycles. The number of aromatic nitrogens is 1. The van der Waals surface area contributed by atoms with E-state index in [2.05, 4.69) is 54.5 Å². The van der Waals surface area contributed by atoms with Crippen LogP contribution in [0.5, 0.6) is 0 Å². The molecule has 2 heteroatoms. The third kappa shape index (κ3) is 5.14. The van der Waals surface area contributed by atoms with Gasteiger partial charge >= 0.3 is 0 Å². The van der Waals surface area contributed by atoms with Gasteiger partial charge in [-0.1, -0.05) is 35.9 Å². The van der Waals surface area contributed by atoms with Gasteiger partial charge in [0.05, 0.1) is 0 Å². The van der Waals surface area contributed by atoms with Crippen LogP contribution in [-0.4, -0.2) is 17.6 Å². The Kier molecular flexibility index (Phi) is 5.75. The van der Waals surface area contributed by atoms with Crippen molar-refractivity contribution in [2.24, 2.45) is 0 Å². The van der Waals surface area contributed by atoms with Gasteiger partial charge in [0.2, 0.25) is 0 Å². The summed E-state index contributed by atoms with van der Waals surface area (Å²) < 4.78 is 0. The lowest BCUT2D eigenvalue weighted by atomic mass is 10.0. The van der Waals surface area contributed by atoms with Crippen molar-refractivity contribution in [3.05, 3.63) is 65.5 Å². The fraction of sp³-hybridized carbons (Fsp3) is 0.389. The van der Waals surface area contributed by atoms with Crippen LogP contribution in [0.1, 0.15) is 30.0 Å². The van der Waals surface area contributed by atoms with E-state index in [9.17, 15) is 0 Å². The average Bonchev–Trinajstić information content (AvgIpc) is 2.46. The topological polar surface area (TPSA) is 24.9 Å². The molecule has 2 rings (SSSR count). The molecular formula is C18H24N2. The minimum Gasteiger partial charge on any atom is -0.314 e. The average molecular weight is 268 g/mol. The van der Waals surface area contributed by atoms with E-state index < -0.39 is 0 Å². The molecular weight excluding hydrogens is 244 g/mol. The third-order valence-corrected chi connectivity index (χ3v) is 3.58. The summed E-state index contributed by atoms with van der Waals surface area (Å²) >= 11 is 0. The van der Waals surface area contributed by atoms with Crippen LogP contribution in [0, 0.1) is 6.92 Å². The lowest BCUT2D eigenvalue weighted by Gasteiger charge is -2.14. The van der Waals surface area contributed by atoms with Gasteiger partial charge in [0, 0.05) is 18.4 Å². The first-order chi connectivity index (χ1) is 9.74. The second kappa shape index (κ2) is 7.81. The largest absolute Gasteiger partial charge is 0.314 e. The molecule has 0 bridgehead atoms. The number of pyridine rings is 1. The molecule has 0 spiro atoms. The second-order valence-electron chi connectivity index (χ2n) is 5.49. The van der Waals surface area contributed by atoms with E-state index in [0.29, 0.717) is 6.04 Å². The van der Waals surface area contributed by atoms with Gasteiger partial charge in [-0.3, -0.25) is 4.98 Å². The number of nitrogens with zero attached hydrogens (tertiary/aromatic N) is 1. The summed E-state index contributed by atoms with van der Waals surface area (Å²) in [5, 5.41) is 3.59. The molecule has 1 unspecified atom stereocenters. The normalized spacial score (nSPS) is 12.3. The predicted molar refractivity (Wildman–Crippen MR) is 84.9 cm³/mol. The molecule has 106 valence electrons. The molecule has 2 aromatic rings. The van der Waals surface area contributed by atoms with Gasteiger partial charge < -0.3 is 5.32 Å². The van der Waals surface area contributed by atoms with Gasteiger partial charge in [0.1, 0.15) is 0 Å². The molecule has 0 aliphatic heterocycles. The summed E-state index contributed by atoms with van der Waals surface area (Å²) in [5.74, 6) is 0. The van der Waals surface area contributed by atoms with Crippen molar-refractivity contribution in [2.75, 3.05) is 6.54 Å². The van der Waals surface area contributed by atoms with Crippen LogP contribution >= 0.6 is 0 Å². The number of nitrogens with one attached hydrogen (secondary N) is 1. The maximum absolute atomic E-state index is 4.14. The molecule has 1 atom stereocenters. The summed E-state index contributed by atoms with van der Waals surface area (Å²) in [4.78, 5) is 4.14. The summed E-state index contributed by atoms with van der Waals surface area (Å²) in [6.07, 6.45) is 7.13. The van der Waals surface area contributed by atoms with Crippen LogP contribution in [0.2, 0.25) is 0 Å². The van der Waals surface area contributed by atoms with Gasteiger partial charge in [-0.05, 0) is 56.8 Å². The van der Waals surface area contributed by atoms with E-state index in [-0.39, 0.29) is 0 Å². The Morgan fingerprint density at radius 3 is 2.70 bits per heavy atom. The zero-order valence-electron chi connectivity index (χ0n) is 12.5. The number of aryl methyl sites for hydroxylation is 2. The molecule has 20 heavy (non-hydrogen) atoms. The number of hydrogen-bond acceptors (Lipinski definition) is 2. The molecule has 2 nitrogen and oxygen atoms in total. The van der Waals surface area contributed by atoms with Crippen molar-refractivity contribution >= 4 is 0 Å². The molecule has 1 aromatic carbocycles. The SMILES string of the molecule is Cc1cccc(CCC(C)NCCc2cccnc2)c1. The van der Waals surface area contributed by atoms with Crippen LogP contribution in [0.15, 0.2) is 48.8 Å². The number of benzene rings is 1. The fourth-order valence-electron chi connectivity index (χ4n) is 2.36. The van der Waals surface area contributed by atoms with Crippen molar-refractivity contribution in [1.82, 2.24) is 10.3 Å². The second-order valence-corrected chi connectivity index (χ2v) is 5.49. The predicted octanol–water partition coefficient (Wildman–Crippen LogP) is 3.54. The highest BCUT2D eigenvalue weighted by molar-refractivity contribution is 5.22. The minimum absolute atomic E-state index is 0.548.